The van der Waals surface area contributed by atoms with Crippen LogP contribution in [0.2, 0.25) is 0 Å². The highest BCUT2D eigenvalue weighted by Crippen LogP contribution is 2.20. The van der Waals surface area contributed by atoms with Crippen LogP contribution in [0.15, 0.2) is 24.4 Å². The van der Waals surface area contributed by atoms with Crippen molar-refractivity contribution in [2.45, 2.75) is 20.0 Å². The highest BCUT2D eigenvalue weighted by atomic mass is 19.1. The number of nitrogens with one attached hydrogen (secondary N) is 1. The Kier molecular flexibility index (Phi) is 4.36. The molecule has 0 amide bonds. The molecule has 8 heteroatoms. The second kappa shape index (κ2) is 6.20. The van der Waals surface area contributed by atoms with Crippen molar-refractivity contribution in [2.24, 2.45) is 0 Å². The molecule has 0 saturated carbocycles. The number of halogens is 1. The van der Waals surface area contributed by atoms with Gasteiger partial charge in [0, 0.05) is 18.2 Å². The number of hydrogen-bond acceptors (Lipinski definition) is 5. The van der Waals surface area contributed by atoms with Crippen LogP contribution in [-0.4, -0.2) is 26.5 Å². The van der Waals surface area contributed by atoms with Gasteiger partial charge >= 0.3 is 5.69 Å². The Morgan fingerprint density at radius 3 is 3.00 bits per heavy atom. The number of benzene rings is 1. The Labute approximate surface area is 114 Å². The van der Waals surface area contributed by atoms with Gasteiger partial charge in [-0.25, -0.2) is 4.68 Å². The Morgan fingerprint density at radius 1 is 1.50 bits per heavy atom. The molecule has 0 unspecified atom stereocenters. The fourth-order valence-corrected chi connectivity index (χ4v) is 1.75. The summed E-state index contributed by atoms with van der Waals surface area (Å²) < 4.78 is 15.4. The summed E-state index contributed by atoms with van der Waals surface area (Å²) in [6.07, 6.45) is 1.68. The standard InChI is InChI=1S/C12H14FN5O2/c1-2-14-6-10-8-17(16-15-10)7-9-4-3-5-11(12(9)13)18(19)20/h3-5,8,14H,2,6-7H2,1H3. The first-order valence-electron chi connectivity index (χ1n) is 6.13. The highest BCUT2D eigenvalue weighted by molar-refractivity contribution is 5.36. The van der Waals surface area contributed by atoms with Gasteiger partial charge in [0.25, 0.3) is 0 Å². The number of aromatic nitrogens is 3. The molecule has 0 saturated heterocycles. The Bertz CT molecular complexity index is 614. The summed E-state index contributed by atoms with van der Waals surface area (Å²) in [5, 5.41) is 21.6. The van der Waals surface area contributed by atoms with Gasteiger partial charge < -0.3 is 5.32 Å². The molecular formula is C12H14FN5O2. The number of nitro benzene ring substituents is 1. The number of nitro groups is 1. The van der Waals surface area contributed by atoms with E-state index in [9.17, 15) is 14.5 Å². The summed E-state index contributed by atoms with van der Waals surface area (Å²) in [4.78, 5) is 9.93. The third-order valence-electron chi connectivity index (χ3n) is 2.73. The molecule has 20 heavy (non-hydrogen) atoms. The first-order chi connectivity index (χ1) is 9.61. The molecule has 0 aliphatic rings. The summed E-state index contributed by atoms with van der Waals surface area (Å²) in [5.74, 6) is -0.832. The molecule has 0 atom stereocenters. The molecule has 106 valence electrons. The average Bonchev–Trinajstić information content (AvgIpc) is 2.86. The molecule has 1 aromatic carbocycles. The molecule has 0 spiro atoms. The monoisotopic (exact) mass is 279 g/mol. The third-order valence-corrected chi connectivity index (χ3v) is 2.73. The Balaban J connectivity index is 2.16. The van der Waals surface area contributed by atoms with Crippen LogP contribution in [0.25, 0.3) is 0 Å². The van der Waals surface area contributed by atoms with Crippen molar-refractivity contribution >= 4 is 5.69 Å². The van der Waals surface area contributed by atoms with Gasteiger partial charge in [-0.15, -0.1) is 5.10 Å². The van der Waals surface area contributed by atoms with Crippen LogP contribution in [0.3, 0.4) is 0 Å². The lowest BCUT2D eigenvalue weighted by atomic mass is 10.2. The van der Waals surface area contributed by atoms with E-state index in [2.05, 4.69) is 15.6 Å². The quantitative estimate of drug-likeness (QED) is 0.639. The summed E-state index contributed by atoms with van der Waals surface area (Å²) in [6, 6.07) is 4.08. The molecular weight excluding hydrogens is 265 g/mol. The minimum Gasteiger partial charge on any atom is -0.311 e. The molecule has 2 rings (SSSR count). The van der Waals surface area contributed by atoms with Gasteiger partial charge in [0.15, 0.2) is 0 Å². The molecule has 1 aromatic heterocycles. The van der Waals surface area contributed by atoms with Gasteiger partial charge in [-0.05, 0) is 6.54 Å². The minimum absolute atomic E-state index is 0.104. The second-order valence-corrected chi connectivity index (χ2v) is 4.20. The van der Waals surface area contributed by atoms with Crippen LogP contribution < -0.4 is 5.32 Å². The van der Waals surface area contributed by atoms with Gasteiger partial charge in [-0.2, -0.15) is 4.39 Å². The van der Waals surface area contributed by atoms with Gasteiger partial charge in [-0.3, -0.25) is 10.1 Å². The Morgan fingerprint density at radius 2 is 2.30 bits per heavy atom. The largest absolute Gasteiger partial charge is 0.311 e. The zero-order valence-electron chi connectivity index (χ0n) is 10.9. The van der Waals surface area contributed by atoms with Crippen molar-refractivity contribution in [3.05, 3.63) is 51.6 Å². The van der Waals surface area contributed by atoms with Gasteiger partial charge in [0.05, 0.1) is 23.4 Å². The van der Waals surface area contributed by atoms with E-state index in [1.165, 1.54) is 16.8 Å². The van der Waals surface area contributed by atoms with Crippen LogP contribution in [0.1, 0.15) is 18.2 Å². The predicted octanol–water partition coefficient (Wildman–Crippen LogP) is 1.48. The third kappa shape index (κ3) is 3.15. The summed E-state index contributed by atoms with van der Waals surface area (Å²) >= 11 is 0. The normalized spacial score (nSPS) is 10.7. The number of nitrogens with zero attached hydrogens (tertiary/aromatic N) is 4. The molecule has 0 fully saturated rings. The fraction of sp³-hybridized carbons (Fsp3) is 0.333. The predicted molar refractivity (Wildman–Crippen MR) is 69.6 cm³/mol. The molecule has 0 radical (unpaired) electrons. The van der Waals surface area contributed by atoms with E-state index in [0.717, 1.165) is 18.3 Å². The smallest absolute Gasteiger partial charge is 0.305 e. The van der Waals surface area contributed by atoms with Crippen LogP contribution >= 0.6 is 0 Å². The molecule has 1 N–H and O–H groups in total. The first kappa shape index (κ1) is 14.1. The molecule has 0 bridgehead atoms. The molecule has 0 aliphatic carbocycles. The summed E-state index contributed by atoms with van der Waals surface area (Å²) in [7, 11) is 0. The van der Waals surface area contributed by atoms with Crippen molar-refractivity contribution in [1.82, 2.24) is 20.3 Å². The highest BCUT2D eigenvalue weighted by Gasteiger charge is 2.17. The molecule has 7 nitrogen and oxygen atoms in total. The van der Waals surface area contributed by atoms with Crippen molar-refractivity contribution in [3.8, 4) is 0 Å². The van der Waals surface area contributed by atoms with Crippen LogP contribution in [-0.2, 0) is 13.1 Å². The first-order valence-corrected chi connectivity index (χ1v) is 6.13. The van der Waals surface area contributed by atoms with E-state index in [-0.39, 0.29) is 12.1 Å². The van der Waals surface area contributed by atoms with Crippen molar-refractivity contribution in [2.75, 3.05) is 6.54 Å². The zero-order chi connectivity index (χ0) is 14.5. The lowest BCUT2D eigenvalue weighted by Crippen LogP contribution is -2.11. The van der Waals surface area contributed by atoms with Crippen molar-refractivity contribution < 1.29 is 9.31 Å². The number of hydrogen-bond donors (Lipinski definition) is 1. The maximum Gasteiger partial charge on any atom is 0.305 e. The molecule has 2 aromatic rings. The van der Waals surface area contributed by atoms with E-state index >= 15 is 0 Å². The maximum absolute atomic E-state index is 13.9. The topological polar surface area (TPSA) is 85.9 Å². The maximum atomic E-state index is 13.9. The van der Waals surface area contributed by atoms with Crippen molar-refractivity contribution in [1.29, 1.82) is 0 Å². The number of rotatable bonds is 6. The summed E-state index contributed by atoms with van der Waals surface area (Å²) in [5.41, 5.74) is 0.410. The lowest BCUT2D eigenvalue weighted by Gasteiger charge is -2.03. The zero-order valence-corrected chi connectivity index (χ0v) is 10.9. The van der Waals surface area contributed by atoms with E-state index in [1.54, 1.807) is 6.20 Å². The summed E-state index contributed by atoms with van der Waals surface area (Å²) in [6.45, 7) is 3.47. The van der Waals surface area contributed by atoms with Crippen LogP contribution in [0.5, 0.6) is 0 Å². The SMILES string of the molecule is CCNCc1cn(Cc2cccc([N+](=O)[O-])c2F)nn1. The molecule has 0 aliphatic heterocycles. The second-order valence-electron chi connectivity index (χ2n) is 4.20. The minimum atomic E-state index is -0.832. The van der Waals surface area contributed by atoms with Crippen LogP contribution in [0.4, 0.5) is 10.1 Å². The van der Waals surface area contributed by atoms with E-state index < -0.39 is 16.4 Å². The molecule has 1 heterocycles. The Hall–Kier alpha value is -2.35. The van der Waals surface area contributed by atoms with E-state index in [0.29, 0.717) is 6.54 Å². The van der Waals surface area contributed by atoms with Gasteiger partial charge in [0.2, 0.25) is 5.82 Å². The van der Waals surface area contributed by atoms with Crippen molar-refractivity contribution in [3.63, 3.8) is 0 Å². The van der Waals surface area contributed by atoms with Crippen LogP contribution in [0, 0.1) is 15.9 Å². The van der Waals surface area contributed by atoms with E-state index in [4.69, 9.17) is 0 Å². The average molecular weight is 279 g/mol. The van der Waals surface area contributed by atoms with E-state index in [1.807, 2.05) is 6.92 Å². The van der Waals surface area contributed by atoms with Gasteiger partial charge in [-0.1, -0.05) is 24.3 Å². The fourth-order valence-electron chi connectivity index (χ4n) is 1.75. The lowest BCUT2D eigenvalue weighted by molar-refractivity contribution is -0.387. The van der Waals surface area contributed by atoms with Gasteiger partial charge in [0.1, 0.15) is 0 Å².